The van der Waals surface area contributed by atoms with E-state index < -0.39 is 30.4 Å². The minimum absolute atomic E-state index is 0.0247. The van der Waals surface area contributed by atoms with Crippen LogP contribution in [-0.4, -0.2) is 38.3 Å². The Balaban J connectivity index is 2.69. The number of hydrogen-bond donors (Lipinski definition) is 0. The zero-order valence-corrected chi connectivity index (χ0v) is 9.96. The topological polar surface area (TPSA) is 44.8 Å². The van der Waals surface area contributed by atoms with Crippen molar-refractivity contribution in [2.45, 2.75) is 32.2 Å². The van der Waals surface area contributed by atoms with Gasteiger partial charge in [0.05, 0.1) is 19.8 Å². The molecule has 1 saturated heterocycles. The minimum atomic E-state index is -4.60. The van der Waals surface area contributed by atoms with E-state index in [0.29, 0.717) is 25.7 Å². The largest absolute Gasteiger partial charge is 0.463 e. The van der Waals surface area contributed by atoms with Gasteiger partial charge in [0.15, 0.2) is 6.29 Å². The summed E-state index contributed by atoms with van der Waals surface area (Å²) >= 11 is 0. The third-order valence-electron chi connectivity index (χ3n) is 2.23. The lowest BCUT2D eigenvalue weighted by atomic mass is 10.1. The number of carbonyl (C=O) groups excluding carboxylic acids is 1. The molecule has 0 bridgehead atoms. The molecule has 1 aliphatic heterocycles. The molecule has 0 aromatic rings. The molecule has 104 valence electrons. The van der Waals surface area contributed by atoms with Crippen LogP contribution in [0.1, 0.15) is 19.8 Å². The quantitative estimate of drug-likeness (QED) is 0.579. The van der Waals surface area contributed by atoms with Crippen LogP contribution in [0.25, 0.3) is 0 Å². The number of halogens is 3. The van der Waals surface area contributed by atoms with Gasteiger partial charge >= 0.3 is 12.1 Å². The van der Waals surface area contributed by atoms with E-state index in [9.17, 15) is 18.0 Å². The highest BCUT2D eigenvalue weighted by Gasteiger charge is 2.36. The SMILES string of the molecule is CCOC(=O)/C=C(/CC1OCCCO1)C(F)(F)F. The van der Waals surface area contributed by atoms with Gasteiger partial charge in [-0.15, -0.1) is 0 Å². The van der Waals surface area contributed by atoms with E-state index in [1.807, 2.05) is 0 Å². The normalized spacial score (nSPS) is 18.8. The zero-order chi connectivity index (χ0) is 13.6. The van der Waals surface area contributed by atoms with Crippen molar-refractivity contribution in [2.24, 2.45) is 0 Å². The number of ether oxygens (including phenoxy) is 3. The zero-order valence-electron chi connectivity index (χ0n) is 9.96. The van der Waals surface area contributed by atoms with E-state index in [1.165, 1.54) is 6.92 Å². The molecular weight excluding hydrogens is 253 g/mol. The third kappa shape index (κ3) is 5.05. The van der Waals surface area contributed by atoms with Crippen LogP contribution >= 0.6 is 0 Å². The van der Waals surface area contributed by atoms with Gasteiger partial charge in [-0.1, -0.05) is 0 Å². The molecular formula is C11H15F3O4. The van der Waals surface area contributed by atoms with Crippen LogP contribution in [0.2, 0.25) is 0 Å². The average molecular weight is 268 g/mol. The van der Waals surface area contributed by atoms with Gasteiger partial charge in [0.25, 0.3) is 0 Å². The van der Waals surface area contributed by atoms with Crippen molar-refractivity contribution < 1.29 is 32.2 Å². The van der Waals surface area contributed by atoms with E-state index in [2.05, 4.69) is 4.74 Å². The number of carbonyl (C=O) groups is 1. The van der Waals surface area contributed by atoms with Crippen molar-refractivity contribution in [3.05, 3.63) is 11.6 Å². The van der Waals surface area contributed by atoms with Crippen molar-refractivity contribution >= 4 is 5.97 Å². The first-order valence-corrected chi connectivity index (χ1v) is 5.61. The van der Waals surface area contributed by atoms with Crippen LogP contribution < -0.4 is 0 Å². The molecule has 1 heterocycles. The second kappa shape index (κ2) is 6.75. The molecule has 0 saturated carbocycles. The fourth-order valence-corrected chi connectivity index (χ4v) is 1.42. The predicted molar refractivity (Wildman–Crippen MR) is 55.7 cm³/mol. The highest BCUT2D eigenvalue weighted by molar-refractivity contribution is 5.83. The summed E-state index contributed by atoms with van der Waals surface area (Å²) in [4.78, 5) is 11.1. The summed E-state index contributed by atoms with van der Waals surface area (Å²) in [5, 5.41) is 0. The summed E-state index contributed by atoms with van der Waals surface area (Å²) in [5.74, 6) is -1.01. The van der Waals surface area contributed by atoms with Gasteiger partial charge in [-0.05, 0) is 13.3 Å². The fourth-order valence-electron chi connectivity index (χ4n) is 1.42. The first kappa shape index (κ1) is 15.0. The predicted octanol–water partition coefficient (Wildman–Crippen LogP) is 2.19. The standard InChI is InChI=1S/C11H15F3O4/c1-2-16-9(15)6-8(11(12,13)14)7-10-17-4-3-5-18-10/h6,10H,2-5,7H2,1H3/b8-6-. The Hall–Kier alpha value is -1.08. The molecule has 0 amide bonds. The van der Waals surface area contributed by atoms with Gasteiger partial charge < -0.3 is 14.2 Å². The molecule has 0 aromatic carbocycles. The van der Waals surface area contributed by atoms with Crippen molar-refractivity contribution in [2.75, 3.05) is 19.8 Å². The van der Waals surface area contributed by atoms with Gasteiger partial charge in [-0.3, -0.25) is 0 Å². The maximum Gasteiger partial charge on any atom is 0.413 e. The Kier molecular flexibility index (Phi) is 5.61. The molecule has 18 heavy (non-hydrogen) atoms. The monoisotopic (exact) mass is 268 g/mol. The van der Waals surface area contributed by atoms with Crippen molar-refractivity contribution in [1.29, 1.82) is 0 Å². The van der Waals surface area contributed by atoms with Gasteiger partial charge in [-0.2, -0.15) is 13.2 Å². The molecule has 1 aliphatic rings. The van der Waals surface area contributed by atoms with Crippen LogP contribution in [0.3, 0.4) is 0 Å². The Morgan fingerprint density at radius 3 is 2.50 bits per heavy atom. The van der Waals surface area contributed by atoms with Crippen LogP contribution in [0, 0.1) is 0 Å². The van der Waals surface area contributed by atoms with Gasteiger partial charge in [0.1, 0.15) is 0 Å². The fraction of sp³-hybridized carbons (Fsp3) is 0.727. The maximum absolute atomic E-state index is 12.7. The van der Waals surface area contributed by atoms with E-state index in [-0.39, 0.29) is 6.61 Å². The molecule has 0 radical (unpaired) electrons. The molecule has 0 aromatic heterocycles. The smallest absolute Gasteiger partial charge is 0.413 e. The lowest BCUT2D eigenvalue weighted by Crippen LogP contribution is -2.28. The molecule has 0 unspecified atom stereocenters. The second-order valence-corrected chi connectivity index (χ2v) is 3.65. The number of hydrogen-bond acceptors (Lipinski definition) is 4. The Bertz CT molecular complexity index is 306. The highest BCUT2D eigenvalue weighted by Crippen LogP contribution is 2.30. The molecule has 0 atom stereocenters. The number of alkyl halides is 3. The highest BCUT2D eigenvalue weighted by atomic mass is 19.4. The van der Waals surface area contributed by atoms with Gasteiger partial charge in [0.2, 0.25) is 0 Å². The van der Waals surface area contributed by atoms with E-state index >= 15 is 0 Å². The number of rotatable bonds is 4. The lowest BCUT2D eigenvalue weighted by Gasteiger charge is -2.24. The summed E-state index contributed by atoms with van der Waals surface area (Å²) in [5.41, 5.74) is -1.01. The van der Waals surface area contributed by atoms with Crippen molar-refractivity contribution in [1.82, 2.24) is 0 Å². The molecule has 1 fully saturated rings. The number of esters is 1. The van der Waals surface area contributed by atoms with Crippen LogP contribution in [0.4, 0.5) is 13.2 Å². The Morgan fingerprint density at radius 1 is 1.39 bits per heavy atom. The lowest BCUT2D eigenvalue weighted by molar-refractivity contribution is -0.185. The van der Waals surface area contributed by atoms with E-state index in [0.717, 1.165) is 0 Å². The summed E-state index contributed by atoms with van der Waals surface area (Å²) in [6.07, 6.45) is -4.97. The van der Waals surface area contributed by atoms with E-state index in [1.54, 1.807) is 0 Å². The first-order chi connectivity index (χ1) is 8.43. The molecule has 1 rings (SSSR count). The van der Waals surface area contributed by atoms with Crippen molar-refractivity contribution in [3.63, 3.8) is 0 Å². The molecule has 0 aliphatic carbocycles. The Morgan fingerprint density at radius 2 is 2.00 bits per heavy atom. The van der Waals surface area contributed by atoms with Gasteiger partial charge in [-0.25, -0.2) is 4.79 Å². The van der Waals surface area contributed by atoms with Crippen molar-refractivity contribution in [3.8, 4) is 0 Å². The average Bonchev–Trinajstić information content (AvgIpc) is 2.28. The summed E-state index contributed by atoms with van der Waals surface area (Å²) in [6, 6.07) is 0. The molecule has 0 spiro atoms. The first-order valence-electron chi connectivity index (χ1n) is 5.61. The summed E-state index contributed by atoms with van der Waals surface area (Å²) in [6.45, 7) is 2.26. The molecule has 4 nitrogen and oxygen atoms in total. The third-order valence-corrected chi connectivity index (χ3v) is 2.23. The second-order valence-electron chi connectivity index (χ2n) is 3.65. The van der Waals surface area contributed by atoms with E-state index in [4.69, 9.17) is 9.47 Å². The molecule has 7 heteroatoms. The minimum Gasteiger partial charge on any atom is -0.463 e. The Labute approximate surface area is 103 Å². The van der Waals surface area contributed by atoms with Crippen LogP contribution in [0.5, 0.6) is 0 Å². The summed E-state index contributed by atoms with van der Waals surface area (Å²) < 4.78 is 52.6. The summed E-state index contributed by atoms with van der Waals surface area (Å²) in [7, 11) is 0. The maximum atomic E-state index is 12.7. The van der Waals surface area contributed by atoms with Crippen LogP contribution in [-0.2, 0) is 19.0 Å². The molecule has 0 N–H and O–H groups in total. The van der Waals surface area contributed by atoms with Gasteiger partial charge in [0, 0.05) is 18.1 Å². The van der Waals surface area contributed by atoms with Crippen LogP contribution in [0.15, 0.2) is 11.6 Å².